The fraction of sp³-hybridized carbons (Fsp3) is 0.188. The average Bonchev–Trinajstić information content (AvgIpc) is 2.49. The molecule has 2 aromatic carbocycles. The van der Waals surface area contributed by atoms with E-state index < -0.39 is 5.97 Å². The Morgan fingerprint density at radius 1 is 1.25 bits per heavy atom. The maximum atomic E-state index is 11.6. The molecule has 0 spiro atoms. The van der Waals surface area contributed by atoms with Gasteiger partial charge >= 0.3 is 5.97 Å². The van der Waals surface area contributed by atoms with Crippen molar-refractivity contribution < 1.29 is 9.53 Å². The summed E-state index contributed by atoms with van der Waals surface area (Å²) in [7, 11) is 1.34. The number of rotatable bonds is 4. The molecule has 3 N–H and O–H groups in total. The third-order valence-electron chi connectivity index (χ3n) is 3.14. The summed E-state index contributed by atoms with van der Waals surface area (Å²) in [5.41, 5.74) is 9.60. The Hall–Kier alpha value is -2.49. The van der Waals surface area contributed by atoms with Crippen molar-refractivity contribution in [1.82, 2.24) is 0 Å². The SMILES string of the molecule is CCc1ccccc1Nc1ccc(N)c(C(=O)OC)c1. The third-order valence-corrected chi connectivity index (χ3v) is 3.14. The lowest BCUT2D eigenvalue weighted by Crippen LogP contribution is -2.06. The van der Waals surface area contributed by atoms with Crippen LogP contribution in [0.4, 0.5) is 17.1 Å². The summed E-state index contributed by atoms with van der Waals surface area (Å²) < 4.78 is 4.72. The number of nitrogens with one attached hydrogen (secondary N) is 1. The lowest BCUT2D eigenvalue weighted by Gasteiger charge is -2.12. The highest BCUT2D eigenvalue weighted by atomic mass is 16.5. The molecule has 0 fully saturated rings. The Labute approximate surface area is 118 Å². The Kier molecular flexibility index (Phi) is 4.25. The summed E-state index contributed by atoms with van der Waals surface area (Å²) in [6.45, 7) is 2.10. The maximum Gasteiger partial charge on any atom is 0.340 e. The first-order chi connectivity index (χ1) is 9.65. The van der Waals surface area contributed by atoms with Crippen molar-refractivity contribution >= 4 is 23.0 Å². The highest BCUT2D eigenvalue weighted by molar-refractivity contribution is 5.96. The molecule has 0 aromatic heterocycles. The lowest BCUT2D eigenvalue weighted by atomic mass is 10.1. The Balaban J connectivity index is 2.32. The summed E-state index contributed by atoms with van der Waals surface area (Å²) in [6, 6.07) is 13.3. The van der Waals surface area contributed by atoms with Crippen molar-refractivity contribution in [3.63, 3.8) is 0 Å². The van der Waals surface area contributed by atoms with Crippen molar-refractivity contribution in [2.75, 3.05) is 18.2 Å². The molecule has 0 amide bonds. The Morgan fingerprint density at radius 3 is 2.70 bits per heavy atom. The standard InChI is InChI=1S/C16H18N2O2/c1-3-11-6-4-5-7-15(11)18-12-8-9-14(17)13(10-12)16(19)20-2/h4-10,18H,3,17H2,1-2H3. The van der Waals surface area contributed by atoms with E-state index in [-0.39, 0.29) is 0 Å². The highest BCUT2D eigenvalue weighted by Gasteiger charge is 2.11. The molecule has 2 aromatic rings. The normalized spacial score (nSPS) is 10.1. The van der Waals surface area contributed by atoms with E-state index >= 15 is 0 Å². The first kappa shape index (κ1) is 13.9. The van der Waals surface area contributed by atoms with Gasteiger partial charge in [-0.2, -0.15) is 0 Å². The van der Waals surface area contributed by atoms with E-state index in [9.17, 15) is 4.79 Å². The summed E-state index contributed by atoms with van der Waals surface area (Å²) in [5, 5.41) is 3.31. The zero-order valence-corrected chi connectivity index (χ0v) is 11.6. The van der Waals surface area contributed by atoms with Gasteiger partial charge in [0.1, 0.15) is 0 Å². The van der Waals surface area contributed by atoms with Gasteiger partial charge in [0, 0.05) is 17.1 Å². The molecule has 0 aliphatic carbocycles. The smallest absolute Gasteiger partial charge is 0.340 e. The van der Waals surface area contributed by atoms with Crippen LogP contribution in [-0.4, -0.2) is 13.1 Å². The van der Waals surface area contributed by atoms with Crippen LogP contribution < -0.4 is 11.1 Å². The number of benzene rings is 2. The second-order valence-electron chi connectivity index (χ2n) is 4.43. The molecular weight excluding hydrogens is 252 g/mol. The van der Waals surface area contributed by atoms with E-state index in [4.69, 9.17) is 10.5 Å². The number of carbonyl (C=O) groups excluding carboxylic acids is 1. The van der Waals surface area contributed by atoms with Crippen molar-refractivity contribution in [2.45, 2.75) is 13.3 Å². The van der Waals surface area contributed by atoms with Crippen LogP contribution in [0.3, 0.4) is 0 Å². The third kappa shape index (κ3) is 2.91. The van der Waals surface area contributed by atoms with Gasteiger partial charge < -0.3 is 15.8 Å². The van der Waals surface area contributed by atoms with E-state index in [1.54, 1.807) is 12.1 Å². The van der Waals surface area contributed by atoms with Gasteiger partial charge in [-0.15, -0.1) is 0 Å². The number of nitrogen functional groups attached to an aromatic ring is 1. The molecular formula is C16H18N2O2. The van der Waals surface area contributed by atoms with Crippen LogP contribution in [-0.2, 0) is 11.2 Å². The van der Waals surface area contributed by atoms with E-state index in [2.05, 4.69) is 18.3 Å². The predicted octanol–water partition coefficient (Wildman–Crippen LogP) is 3.36. The minimum atomic E-state index is -0.435. The largest absolute Gasteiger partial charge is 0.465 e. The van der Waals surface area contributed by atoms with Crippen LogP contribution in [0.25, 0.3) is 0 Å². The van der Waals surface area contributed by atoms with Crippen molar-refractivity contribution in [1.29, 1.82) is 0 Å². The second kappa shape index (κ2) is 6.10. The lowest BCUT2D eigenvalue weighted by molar-refractivity contribution is 0.0602. The fourth-order valence-electron chi connectivity index (χ4n) is 2.03. The average molecular weight is 270 g/mol. The van der Waals surface area contributed by atoms with Crippen molar-refractivity contribution in [2.24, 2.45) is 0 Å². The van der Waals surface area contributed by atoms with Crippen molar-refractivity contribution in [3.05, 3.63) is 53.6 Å². The van der Waals surface area contributed by atoms with Gasteiger partial charge in [0.2, 0.25) is 0 Å². The van der Waals surface area contributed by atoms with E-state index in [0.29, 0.717) is 11.3 Å². The Bertz CT molecular complexity index is 624. The first-order valence-electron chi connectivity index (χ1n) is 6.48. The topological polar surface area (TPSA) is 64.3 Å². The number of para-hydroxylation sites is 1. The van der Waals surface area contributed by atoms with Crippen LogP contribution in [0.15, 0.2) is 42.5 Å². The van der Waals surface area contributed by atoms with Crippen LogP contribution in [0.5, 0.6) is 0 Å². The van der Waals surface area contributed by atoms with Gasteiger partial charge in [-0.05, 0) is 36.2 Å². The summed E-state index contributed by atoms with van der Waals surface area (Å²) in [4.78, 5) is 11.6. The van der Waals surface area contributed by atoms with E-state index in [0.717, 1.165) is 17.8 Å². The number of nitrogens with two attached hydrogens (primary N) is 1. The molecule has 0 atom stereocenters. The number of anilines is 3. The van der Waals surface area contributed by atoms with Crippen LogP contribution in [0, 0.1) is 0 Å². The molecule has 0 aliphatic rings. The zero-order chi connectivity index (χ0) is 14.5. The molecule has 2 rings (SSSR count). The van der Waals surface area contributed by atoms with Gasteiger partial charge in [-0.1, -0.05) is 25.1 Å². The van der Waals surface area contributed by atoms with Crippen molar-refractivity contribution in [3.8, 4) is 0 Å². The van der Waals surface area contributed by atoms with Gasteiger partial charge in [-0.25, -0.2) is 4.79 Å². The molecule has 0 aliphatic heterocycles. The minimum Gasteiger partial charge on any atom is -0.465 e. The van der Waals surface area contributed by atoms with E-state index in [1.807, 2.05) is 24.3 Å². The summed E-state index contributed by atoms with van der Waals surface area (Å²) in [5.74, 6) is -0.435. The molecule has 0 unspecified atom stereocenters. The van der Waals surface area contributed by atoms with E-state index in [1.165, 1.54) is 12.7 Å². The number of ether oxygens (including phenoxy) is 1. The Morgan fingerprint density at radius 2 is 2.00 bits per heavy atom. The van der Waals surface area contributed by atoms with Gasteiger partial charge in [-0.3, -0.25) is 0 Å². The zero-order valence-electron chi connectivity index (χ0n) is 11.6. The summed E-state index contributed by atoms with van der Waals surface area (Å²) in [6.07, 6.45) is 0.933. The summed E-state index contributed by atoms with van der Waals surface area (Å²) >= 11 is 0. The van der Waals surface area contributed by atoms with Gasteiger partial charge in [0.25, 0.3) is 0 Å². The maximum absolute atomic E-state index is 11.6. The predicted molar refractivity (Wildman–Crippen MR) is 81.3 cm³/mol. The molecule has 0 heterocycles. The molecule has 0 radical (unpaired) electrons. The van der Waals surface area contributed by atoms with Gasteiger partial charge in [0.15, 0.2) is 0 Å². The fourth-order valence-corrected chi connectivity index (χ4v) is 2.03. The number of hydrogen-bond donors (Lipinski definition) is 2. The van der Waals surface area contributed by atoms with Crippen LogP contribution >= 0.6 is 0 Å². The first-order valence-corrected chi connectivity index (χ1v) is 6.48. The molecule has 20 heavy (non-hydrogen) atoms. The molecule has 0 bridgehead atoms. The molecule has 4 heteroatoms. The van der Waals surface area contributed by atoms with Gasteiger partial charge in [0.05, 0.1) is 12.7 Å². The number of hydrogen-bond acceptors (Lipinski definition) is 4. The second-order valence-corrected chi connectivity index (χ2v) is 4.43. The van der Waals surface area contributed by atoms with Crippen LogP contribution in [0.2, 0.25) is 0 Å². The minimum absolute atomic E-state index is 0.367. The number of carbonyl (C=O) groups is 1. The highest BCUT2D eigenvalue weighted by Crippen LogP contribution is 2.24. The quantitative estimate of drug-likeness (QED) is 0.660. The molecule has 0 saturated heterocycles. The number of esters is 1. The molecule has 0 saturated carbocycles. The van der Waals surface area contributed by atoms with Crippen LogP contribution in [0.1, 0.15) is 22.8 Å². The number of methoxy groups -OCH3 is 1. The molecule has 104 valence electrons. The number of aryl methyl sites for hydroxylation is 1. The molecule has 4 nitrogen and oxygen atoms in total. The monoisotopic (exact) mass is 270 g/mol.